The Morgan fingerprint density at radius 3 is 2.65 bits per heavy atom. The quantitative estimate of drug-likeness (QED) is 0.717. The van der Waals surface area contributed by atoms with Gasteiger partial charge in [-0.2, -0.15) is 0 Å². The number of fused-ring (bicyclic) bond motifs is 2. The number of hydrogen-bond donors (Lipinski definition) is 1. The molecule has 0 bridgehead atoms. The molecule has 0 atom stereocenters. The second-order valence-corrected chi connectivity index (χ2v) is 7.26. The van der Waals surface area contributed by atoms with E-state index in [0.717, 1.165) is 48.3 Å². The molecule has 3 aromatic rings. The normalized spacial score (nSPS) is 18.5. The first kappa shape index (κ1) is 15.8. The Morgan fingerprint density at radius 1 is 0.962 bits per heavy atom. The fourth-order valence-electron chi connectivity index (χ4n) is 3.90. The number of nitrogens with one attached hydrogen (secondary N) is 1. The maximum absolute atomic E-state index is 6.27. The highest BCUT2D eigenvalue weighted by Crippen LogP contribution is 2.38. The summed E-state index contributed by atoms with van der Waals surface area (Å²) >= 11 is 0. The topological polar surface area (TPSA) is 43.4 Å². The zero-order chi connectivity index (χ0) is 17.6. The van der Waals surface area contributed by atoms with Crippen molar-refractivity contribution in [2.24, 2.45) is 0 Å². The Labute approximate surface area is 153 Å². The van der Waals surface area contributed by atoms with Crippen LogP contribution in [0, 0.1) is 6.92 Å². The molecule has 132 valence electrons. The first-order chi connectivity index (χ1) is 12.7. The fraction of sp³-hybridized carbons (Fsp3) is 0.318. The lowest BCUT2D eigenvalue weighted by Crippen LogP contribution is -2.49. The van der Waals surface area contributed by atoms with Gasteiger partial charge in [-0.1, -0.05) is 18.2 Å². The maximum Gasteiger partial charge on any atom is 0.213 e. The second kappa shape index (κ2) is 6.08. The minimum atomic E-state index is -0.437. The van der Waals surface area contributed by atoms with Gasteiger partial charge >= 0.3 is 0 Å². The second-order valence-electron chi connectivity index (χ2n) is 7.26. The van der Waals surface area contributed by atoms with Gasteiger partial charge in [0.1, 0.15) is 5.75 Å². The third-order valence-corrected chi connectivity index (χ3v) is 5.40. The van der Waals surface area contributed by atoms with Gasteiger partial charge in [-0.3, -0.25) is 4.98 Å². The zero-order valence-electron chi connectivity index (χ0n) is 14.9. The van der Waals surface area contributed by atoms with Gasteiger partial charge in [-0.15, -0.1) is 0 Å². The standard InChI is InChI=1S/C22H22N2O2/c1-15-10-19-11-16(2-3-18(19)13-24-15)17-4-5-21-20(12-17)14-25-22(26-21)6-8-23-9-7-22/h2-5,10-13,23H,6-9,14H2,1H3. The van der Waals surface area contributed by atoms with Crippen LogP contribution in [0.4, 0.5) is 0 Å². The molecule has 1 aromatic heterocycles. The van der Waals surface area contributed by atoms with Crippen molar-refractivity contribution in [1.29, 1.82) is 0 Å². The Balaban J connectivity index is 1.48. The molecule has 2 aromatic carbocycles. The van der Waals surface area contributed by atoms with E-state index in [1.807, 2.05) is 13.1 Å². The van der Waals surface area contributed by atoms with E-state index in [0.29, 0.717) is 6.61 Å². The molecular weight excluding hydrogens is 324 g/mol. The van der Waals surface area contributed by atoms with E-state index in [1.165, 1.54) is 16.5 Å². The minimum absolute atomic E-state index is 0.437. The summed E-state index contributed by atoms with van der Waals surface area (Å²) in [5.74, 6) is 0.524. The lowest BCUT2D eigenvalue weighted by atomic mass is 9.98. The van der Waals surface area contributed by atoms with Crippen molar-refractivity contribution in [2.45, 2.75) is 32.2 Å². The number of aryl methyl sites for hydroxylation is 1. The van der Waals surface area contributed by atoms with Crippen LogP contribution in [0.5, 0.6) is 5.75 Å². The van der Waals surface area contributed by atoms with E-state index in [-0.39, 0.29) is 0 Å². The number of aromatic nitrogens is 1. The molecule has 4 heteroatoms. The number of piperidine rings is 1. The molecule has 1 saturated heterocycles. The van der Waals surface area contributed by atoms with Crippen LogP contribution in [-0.4, -0.2) is 23.9 Å². The summed E-state index contributed by atoms with van der Waals surface area (Å²) in [4.78, 5) is 4.37. The molecule has 0 unspecified atom stereocenters. The summed E-state index contributed by atoms with van der Waals surface area (Å²) in [5.41, 5.74) is 4.55. The minimum Gasteiger partial charge on any atom is -0.462 e. The molecule has 2 aliphatic heterocycles. The van der Waals surface area contributed by atoms with E-state index < -0.39 is 5.79 Å². The third-order valence-electron chi connectivity index (χ3n) is 5.40. The van der Waals surface area contributed by atoms with Gasteiger partial charge in [0.15, 0.2) is 0 Å². The van der Waals surface area contributed by atoms with Crippen LogP contribution in [0.3, 0.4) is 0 Å². The summed E-state index contributed by atoms with van der Waals surface area (Å²) in [6.45, 7) is 4.52. The van der Waals surface area contributed by atoms with Gasteiger partial charge in [0.2, 0.25) is 5.79 Å². The van der Waals surface area contributed by atoms with Crippen LogP contribution < -0.4 is 10.1 Å². The number of hydrogen-bond acceptors (Lipinski definition) is 4. The Bertz CT molecular complexity index is 977. The molecule has 2 aliphatic rings. The highest BCUT2D eigenvalue weighted by molar-refractivity contribution is 5.87. The van der Waals surface area contributed by atoms with Gasteiger partial charge in [-0.25, -0.2) is 0 Å². The van der Waals surface area contributed by atoms with E-state index >= 15 is 0 Å². The van der Waals surface area contributed by atoms with Gasteiger partial charge in [0, 0.05) is 48.8 Å². The highest BCUT2D eigenvalue weighted by atomic mass is 16.7. The number of nitrogens with zero attached hydrogens (tertiary/aromatic N) is 1. The summed E-state index contributed by atoms with van der Waals surface area (Å²) in [6.07, 6.45) is 3.72. The molecule has 26 heavy (non-hydrogen) atoms. The molecule has 0 aliphatic carbocycles. The molecule has 0 radical (unpaired) electrons. The van der Waals surface area contributed by atoms with Crippen LogP contribution in [0.1, 0.15) is 24.1 Å². The van der Waals surface area contributed by atoms with Crippen LogP contribution in [0.25, 0.3) is 21.9 Å². The van der Waals surface area contributed by atoms with Crippen molar-refractivity contribution in [1.82, 2.24) is 10.3 Å². The predicted molar refractivity (Wildman–Crippen MR) is 102 cm³/mol. The average molecular weight is 346 g/mol. The lowest BCUT2D eigenvalue weighted by molar-refractivity contribution is -0.218. The number of rotatable bonds is 1. The van der Waals surface area contributed by atoms with E-state index in [1.54, 1.807) is 0 Å². The largest absolute Gasteiger partial charge is 0.462 e. The van der Waals surface area contributed by atoms with Crippen LogP contribution in [0.2, 0.25) is 0 Å². The van der Waals surface area contributed by atoms with Crippen molar-refractivity contribution in [2.75, 3.05) is 13.1 Å². The molecule has 5 rings (SSSR count). The first-order valence-corrected chi connectivity index (χ1v) is 9.24. The molecule has 0 amide bonds. The number of benzene rings is 2. The monoisotopic (exact) mass is 346 g/mol. The fourth-order valence-corrected chi connectivity index (χ4v) is 3.90. The first-order valence-electron chi connectivity index (χ1n) is 9.24. The summed E-state index contributed by atoms with van der Waals surface area (Å²) in [7, 11) is 0. The van der Waals surface area contributed by atoms with Gasteiger partial charge in [0.05, 0.1) is 6.61 Å². The van der Waals surface area contributed by atoms with Crippen molar-refractivity contribution in [3.05, 3.63) is 59.9 Å². The van der Waals surface area contributed by atoms with Crippen LogP contribution >= 0.6 is 0 Å². The molecule has 1 spiro atoms. The van der Waals surface area contributed by atoms with E-state index in [2.05, 4.69) is 52.8 Å². The molecule has 4 nitrogen and oxygen atoms in total. The number of ether oxygens (including phenoxy) is 2. The SMILES string of the molecule is Cc1cc2cc(-c3ccc4c(c3)COC3(CCNCC3)O4)ccc2cn1. The average Bonchev–Trinajstić information content (AvgIpc) is 2.67. The van der Waals surface area contributed by atoms with Gasteiger partial charge in [-0.05, 0) is 47.7 Å². The van der Waals surface area contributed by atoms with Crippen molar-refractivity contribution in [3.8, 4) is 16.9 Å². The Hall–Kier alpha value is -2.43. The highest BCUT2D eigenvalue weighted by Gasteiger charge is 2.38. The lowest BCUT2D eigenvalue weighted by Gasteiger charge is -2.41. The smallest absolute Gasteiger partial charge is 0.213 e. The van der Waals surface area contributed by atoms with Crippen LogP contribution in [0.15, 0.2) is 48.7 Å². The third kappa shape index (κ3) is 2.75. The van der Waals surface area contributed by atoms with Gasteiger partial charge < -0.3 is 14.8 Å². The summed E-state index contributed by atoms with van der Waals surface area (Å²) in [5, 5.41) is 5.75. The Morgan fingerprint density at radius 2 is 1.77 bits per heavy atom. The molecule has 0 saturated carbocycles. The van der Waals surface area contributed by atoms with Crippen molar-refractivity contribution in [3.63, 3.8) is 0 Å². The number of pyridine rings is 1. The molecule has 1 fully saturated rings. The van der Waals surface area contributed by atoms with Gasteiger partial charge in [0.25, 0.3) is 0 Å². The summed E-state index contributed by atoms with van der Waals surface area (Å²) in [6, 6.07) is 15.1. The zero-order valence-corrected chi connectivity index (χ0v) is 14.9. The molecular formula is C22H22N2O2. The van der Waals surface area contributed by atoms with Crippen molar-refractivity contribution < 1.29 is 9.47 Å². The van der Waals surface area contributed by atoms with Crippen molar-refractivity contribution >= 4 is 10.8 Å². The molecule has 1 N–H and O–H groups in total. The summed E-state index contributed by atoms with van der Waals surface area (Å²) < 4.78 is 12.4. The predicted octanol–water partition coefficient (Wildman–Crippen LogP) is 4.20. The van der Waals surface area contributed by atoms with E-state index in [9.17, 15) is 0 Å². The Kier molecular flexibility index (Phi) is 3.69. The molecule has 3 heterocycles. The maximum atomic E-state index is 6.27. The van der Waals surface area contributed by atoms with E-state index in [4.69, 9.17) is 9.47 Å². The van der Waals surface area contributed by atoms with Crippen LogP contribution in [-0.2, 0) is 11.3 Å².